The summed E-state index contributed by atoms with van der Waals surface area (Å²) in [5, 5.41) is 17.8. The van der Waals surface area contributed by atoms with Crippen molar-refractivity contribution in [3.63, 3.8) is 0 Å². The molecule has 0 unspecified atom stereocenters. The van der Waals surface area contributed by atoms with Crippen LogP contribution in [0.5, 0.6) is 0 Å². The minimum absolute atomic E-state index is 0.00349. The number of carboxylic acid groups (broad SMARTS) is 1. The first-order valence-corrected chi connectivity index (χ1v) is 12.0. The normalized spacial score (nSPS) is 17.4. The van der Waals surface area contributed by atoms with Crippen LogP contribution in [0, 0.1) is 0 Å². The van der Waals surface area contributed by atoms with Gasteiger partial charge in [-0.3, -0.25) is 9.59 Å². The van der Waals surface area contributed by atoms with Gasteiger partial charge in [-0.2, -0.15) is 27.1 Å². The molecule has 5 heterocycles. The number of fused-ring (bicyclic) bond motifs is 2. The molecule has 0 spiro atoms. The lowest BCUT2D eigenvalue weighted by molar-refractivity contribution is -0.285. The number of nitrogen functional groups attached to an aromatic ring is 1. The van der Waals surface area contributed by atoms with Crippen molar-refractivity contribution < 1.29 is 36.6 Å². The number of anilines is 2. The van der Waals surface area contributed by atoms with E-state index in [1.807, 2.05) is 0 Å². The summed E-state index contributed by atoms with van der Waals surface area (Å²) in [6.45, 7) is 0.726. The van der Waals surface area contributed by atoms with Crippen molar-refractivity contribution in [1.82, 2.24) is 29.7 Å². The lowest BCUT2D eigenvalue weighted by atomic mass is 9.85. The average molecular weight is 568 g/mol. The number of halogens is 5. The van der Waals surface area contributed by atoms with Crippen molar-refractivity contribution in [2.75, 3.05) is 11.1 Å². The second-order valence-electron chi connectivity index (χ2n) is 8.85. The number of nitrogens with two attached hydrogens (primary N) is 1. The largest absolute Gasteiger partial charge is 0.481 e. The van der Waals surface area contributed by atoms with E-state index in [4.69, 9.17) is 10.8 Å². The first-order chi connectivity index (χ1) is 18.2. The van der Waals surface area contributed by atoms with Crippen LogP contribution in [0.25, 0.3) is 22.6 Å². The molecular formula is C22H17F5N8O3S. The van der Waals surface area contributed by atoms with Crippen LogP contribution in [-0.4, -0.2) is 58.8 Å². The van der Waals surface area contributed by atoms with Crippen molar-refractivity contribution >= 4 is 45.9 Å². The van der Waals surface area contributed by atoms with E-state index in [1.54, 1.807) is 0 Å². The molecule has 1 atom stereocenters. The first kappa shape index (κ1) is 26.3. The van der Waals surface area contributed by atoms with Gasteiger partial charge < -0.3 is 16.2 Å². The van der Waals surface area contributed by atoms with Crippen LogP contribution in [0.4, 0.5) is 33.6 Å². The van der Waals surface area contributed by atoms with Crippen LogP contribution >= 0.6 is 11.3 Å². The van der Waals surface area contributed by atoms with Gasteiger partial charge >= 0.3 is 18.1 Å². The number of rotatable bonds is 7. The van der Waals surface area contributed by atoms with Crippen LogP contribution in [0.1, 0.15) is 29.6 Å². The monoisotopic (exact) mass is 568 g/mol. The number of hydrogen-bond acceptors (Lipinski definition) is 9. The minimum atomic E-state index is -5.72. The highest BCUT2D eigenvalue weighted by Gasteiger charge is 2.57. The summed E-state index contributed by atoms with van der Waals surface area (Å²) in [5.74, 6) is -6.82. The molecule has 17 heteroatoms. The highest BCUT2D eigenvalue weighted by molar-refractivity contribution is 7.10. The minimum Gasteiger partial charge on any atom is -0.481 e. The molecule has 0 radical (unpaired) electrons. The van der Waals surface area contributed by atoms with E-state index in [0.717, 1.165) is 16.0 Å². The highest BCUT2D eigenvalue weighted by Crippen LogP contribution is 2.46. The number of alkyl halides is 5. The number of aryl methyl sites for hydroxylation is 1. The van der Waals surface area contributed by atoms with Crippen molar-refractivity contribution in [3.05, 3.63) is 40.0 Å². The first-order valence-electron chi connectivity index (χ1n) is 11.1. The Morgan fingerprint density at radius 2 is 1.97 bits per heavy atom. The van der Waals surface area contributed by atoms with E-state index < -0.39 is 42.4 Å². The summed E-state index contributed by atoms with van der Waals surface area (Å²) in [6.07, 6.45) is -6.31. The van der Waals surface area contributed by atoms with Gasteiger partial charge in [0.05, 0.1) is 23.1 Å². The Labute approximate surface area is 218 Å². The zero-order valence-electron chi connectivity index (χ0n) is 19.8. The average Bonchev–Trinajstić information content (AvgIpc) is 3.52. The smallest absolute Gasteiger partial charge is 0.453 e. The number of nitrogens with one attached hydrogen (secondary N) is 1. The number of amides is 1. The van der Waals surface area contributed by atoms with Crippen LogP contribution < -0.4 is 11.1 Å². The number of aromatic nitrogens is 6. The number of nitrogens with zero attached hydrogens (tertiary/aromatic N) is 6. The van der Waals surface area contributed by atoms with Crippen LogP contribution in [0.3, 0.4) is 0 Å². The van der Waals surface area contributed by atoms with Crippen LogP contribution in [0.15, 0.2) is 23.7 Å². The molecule has 204 valence electrons. The maximum Gasteiger partial charge on any atom is 0.453 e. The van der Waals surface area contributed by atoms with E-state index >= 15 is 0 Å². The molecule has 0 fully saturated rings. The molecule has 11 nitrogen and oxygen atoms in total. The molecule has 0 saturated carbocycles. The Morgan fingerprint density at radius 3 is 2.67 bits per heavy atom. The van der Waals surface area contributed by atoms with Gasteiger partial charge in [-0.15, -0.1) is 11.3 Å². The fourth-order valence-electron chi connectivity index (χ4n) is 4.21. The number of hydrogen-bond donors (Lipinski definition) is 3. The molecule has 0 aromatic carbocycles. The van der Waals surface area contributed by atoms with Gasteiger partial charge in [0.2, 0.25) is 5.91 Å². The van der Waals surface area contributed by atoms with Gasteiger partial charge in [-0.1, -0.05) is 0 Å². The number of aliphatic carboxylic acids is 1. The number of thiazole rings is 1. The lowest BCUT2D eigenvalue weighted by Gasteiger charge is -2.20. The number of carbonyl (C=O) groups is 2. The molecule has 4 aromatic heterocycles. The Kier molecular flexibility index (Phi) is 6.00. The maximum atomic E-state index is 13.6. The quantitative estimate of drug-likeness (QED) is 0.284. The third-order valence-electron chi connectivity index (χ3n) is 6.21. The Morgan fingerprint density at radius 1 is 1.23 bits per heavy atom. The zero-order chi connectivity index (χ0) is 28.3. The molecule has 1 amide bonds. The number of carboxylic acids is 1. The Balaban J connectivity index is 1.55. The predicted octanol–water partition coefficient (Wildman–Crippen LogP) is 3.40. The lowest BCUT2D eigenvalue weighted by Crippen LogP contribution is -2.37. The van der Waals surface area contributed by atoms with E-state index in [2.05, 4.69) is 30.4 Å². The summed E-state index contributed by atoms with van der Waals surface area (Å²) in [6, 6.07) is 3.02. The number of pyridine rings is 1. The summed E-state index contributed by atoms with van der Waals surface area (Å²) in [4.78, 5) is 41.1. The molecule has 4 aromatic rings. The SMILES string of the molecule is C[C@]1(c2nc(CC(=O)O)cs2)C(=O)Nc2nc(-c3nn(CCC(F)(F)C(F)(F)F)c4ncccc34)nc(N)c21. The van der Waals surface area contributed by atoms with E-state index in [0.29, 0.717) is 0 Å². The molecule has 0 bridgehead atoms. The van der Waals surface area contributed by atoms with Gasteiger partial charge in [-0.25, -0.2) is 24.6 Å². The van der Waals surface area contributed by atoms with E-state index in [9.17, 15) is 31.5 Å². The Bertz CT molecular complexity index is 1640. The van der Waals surface area contributed by atoms with E-state index in [1.165, 1.54) is 30.6 Å². The summed E-state index contributed by atoms with van der Waals surface area (Å²) < 4.78 is 66.0. The molecule has 5 rings (SSSR count). The van der Waals surface area contributed by atoms with Crippen molar-refractivity contribution in [2.45, 2.75) is 43.8 Å². The standard InChI is InChI=1S/C22H17F5N8O3S/c1-20(19-30-9(8-39-19)7-11(36)37)12-14(28)31-16(32-15(12)33-18(20)38)13-10-3-2-5-29-17(10)35(34-13)6-4-21(23,24)22(25,26)27/h2-3,5,8H,4,6-7H2,1H3,(H,36,37)(H3,28,31,32,33,38)/t20-/m1/s1. The molecule has 1 aliphatic heterocycles. The zero-order valence-corrected chi connectivity index (χ0v) is 20.6. The van der Waals surface area contributed by atoms with Crippen molar-refractivity contribution in [2.24, 2.45) is 0 Å². The van der Waals surface area contributed by atoms with E-state index in [-0.39, 0.29) is 56.9 Å². The maximum absolute atomic E-state index is 13.6. The molecule has 0 aliphatic carbocycles. The third-order valence-corrected chi connectivity index (χ3v) is 7.32. The Hall–Kier alpha value is -4.28. The van der Waals surface area contributed by atoms with Crippen LogP contribution in [0.2, 0.25) is 0 Å². The second-order valence-corrected chi connectivity index (χ2v) is 9.71. The van der Waals surface area contributed by atoms with Gasteiger partial charge in [0, 0.05) is 24.5 Å². The molecular weight excluding hydrogens is 551 g/mol. The van der Waals surface area contributed by atoms with Gasteiger partial charge in [0.15, 0.2) is 11.5 Å². The van der Waals surface area contributed by atoms with Gasteiger partial charge in [0.1, 0.15) is 27.8 Å². The topological polar surface area (TPSA) is 162 Å². The summed E-state index contributed by atoms with van der Waals surface area (Å²) >= 11 is 1.07. The second kappa shape index (κ2) is 8.89. The molecule has 0 saturated heterocycles. The molecule has 4 N–H and O–H groups in total. The summed E-state index contributed by atoms with van der Waals surface area (Å²) in [7, 11) is 0. The van der Waals surface area contributed by atoms with Crippen molar-refractivity contribution in [1.29, 1.82) is 0 Å². The van der Waals surface area contributed by atoms with Gasteiger partial charge in [0.25, 0.3) is 0 Å². The van der Waals surface area contributed by atoms with Gasteiger partial charge in [-0.05, 0) is 19.1 Å². The molecule has 1 aliphatic rings. The number of carbonyl (C=O) groups excluding carboxylic acids is 1. The predicted molar refractivity (Wildman–Crippen MR) is 127 cm³/mol. The third kappa shape index (κ3) is 4.31. The summed E-state index contributed by atoms with van der Waals surface area (Å²) in [5.41, 5.74) is 5.29. The van der Waals surface area contributed by atoms with Crippen molar-refractivity contribution in [3.8, 4) is 11.5 Å². The van der Waals surface area contributed by atoms with Crippen LogP contribution in [-0.2, 0) is 28.0 Å². The fraction of sp³-hybridized carbons (Fsp3) is 0.318. The fourth-order valence-corrected chi connectivity index (χ4v) is 5.19. The highest BCUT2D eigenvalue weighted by atomic mass is 32.1. The molecule has 39 heavy (non-hydrogen) atoms.